The van der Waals surface area contributed by atoms with Gasteiger partial charge in [0.15, 0.2) is 0 Å². The number of hydrogen-bond donors (Lipinski definition) is 0. The molecule has 0 fully saturated rings. The predicted octanol–water partition coefficient (Wildman–Crippen LogP) is 9.82. The van der Waals surface area contributed by atoms with Crippen LogP contribution in [0.3, 0.4) is 0 Å². The van der Waals surface area contributed by atoms with Gasteiger partial charge in [0, 0.05) is 28.2 Å². The van der Waals surface area contributed by atoms with Crippen molar-refractivity contribution < 1.29 is 9.59 Å². The van der Waals surface area contributed by atoms with Gasteiger partial charge in [-0.2, -0.15) is 0 Å². The molecule has 4 aromatic carbocycles. The van der Waals surface area contributed by atoms with Gasteiger partial charge in [0.1, 0.15) is 12.6 Å². The summed E-state index contributed by atoms with van der Waals surface area (Å²) in [4.78, 5) is 24.6. The van der Waals surface area contributed by atoms with Gasteiger partial charge >= 0.3 is 0 Å². The summed E-state index contributed by atoms with van der Waals surface area (Å²) in [5, 5.41) is 0. The molecule has 0 amide bonds. The molecule has 3 nitrogen and oxygen atoms in total. The van der Waals surface area contributed by atoms with Crippen molar-refractivity contribution in [1.29, 1.82) is 0 Å². The van der Waals surface area contributed by atoms with Crippen LogP contribution in [0.1, 0.15) is 96.7 Å². The number of rotatable bonds is 9. The number of carbonyl (C=O) groups excluding carboxylic acids is 2. The molecule has 0 N–H and O–H groups in total. The molecule has 0 saturated heterocycles. The molecule has 194 valence electrons. The molecule has 0 heterocycles. The fraction of sp³-hybridized carbons (Fsp3) is 0.257. The van der Waals surface area contributed by atoms with Crippen LogP contribution in [0.2, 0.25) is 0 Å². The Bertz CT molecular complexity index is 1320. The third-order valence-corrected chi connectivity index (χ3v) is 7.12. The first-order valence-electron chi connectivity index (χ1n) is 13.4. The Morgan fingerprint density at radius 3 is 1.21 bits per heavy atom. The number of benzene rings is 4. The molecule has 38 heavy (non-hydrogen) atoms. The highest BCUT2D eigenvalue weighted by Gasteiger charge is 2.19. The standard InChI is InChI=1S/C35H37NO2/c1-23(2)29-19-33(24(3)4)35(34(20-29)25(5)6)28-11-17-32(18-12-28)36(30-13-7-26(21-37)8-14-30)31-15-9-27(22-38)10-16-31/h7-25H,1-6H3. The first-order valence-corrected chi connectivity index (χ1v) is 13.4. The Hall–Kier alpha value is -3.98. The Balaban J connectivity index is 1.84. The Morgan fingerprint density at radius 1 is 0.526 bits per heavy atom. The van der Waals surface area contributed by atoms with E-state index in [0.717, 1.165) is 29.6 Å². The van der Waals surface area contributed by atoms with E-state index in [4.69, 9.17) is 0 Å². The Labute approximate surface area is 227 Å². The summed E-state index contributed by atoms with van der Waals surface area (Å²) in [5.41, 5.74) is 10.9. The van der Waals surface area contributed by atoms with Crippen molar-refractivity contribution in [3.8, 4) is 11.1 Å². The van der Waals surface area contributed by atoms with Crippen molar-refractivity contribution in [3.63, 3.8) is 0 Å². The number of aldehydes is 2. The maximum atomic E-state index is 11.2. The fourth-order valence-corrected chi connectivity index (χ4v) is 4.92. The summed E-state index contributed by atoms with van der Waals surface area (Å²) >= 11 is 0. The van der Waals surface area contributed by atoms with Crippen LogP contribution in [0, 0.1) is 0 Å². The minimum atomic E-state index is 0.407. The number of anilines is 3. The van der Waals surface area contributed by atoms with Crippen molar-refractivity contribution >= 4 is 29.6 Å². The lowest BCUT2D eigenvalue weighted by Crippen LogP contribution is -2.10. The molecule has 0 unspecified atom stereocenters. The number of carbonyl (C=O) groups is 2. The molecule has 0 aliphatic rings. The topological polar surface area (TPSA) is 37.4 Å². The highest BCUT2D eigenvalue weighted by Crippen LogP contribution is 2.41. The average molecular weight is 504 g/mol. The van der Waals surface area contributed by atoms with Crippen LogP contribution in [0.5, 0.6) is 0 Å². The van der Waals surface area contributed by atoms with Gasteiger partial charge in [-0.25, -0.2) is 0 Å². The molecule has 4 rings (SSSR count). The lowest BCUT2D eigenvalue weighted by molar-refractivity contribution is 0.111. The van der Waals surface area contributed by atoms with Crippen molar-refractivity contribution in [3.05, 3.63) is 113 Å². The third kappa shape index (κ3) is 5.62. The van der Waals surface area contributed by atoms with Gasteiger partial charge in [0.25, 0.3) is 0 Å². The van der Waals surface area contributed by atoms with E-state index in [1.165, 1.54) is 27.8 Å². The summed E-state index contributed by atoms with van der Waals surface area (Å²) in [6, 6.07) is 28.6. The molecule has 0 aromatic heterocycles. The average Bonchev–Trinajstić information content (AvgIpc) is 2.93. The van der Waals surface area contributed by atoms with Gasteiger partial charge in [-0.05, 0) is 106 Å². The largest absolute Gasteiger partial charge is 0.311 e. The van der Waals surface area contributed by atoms with Crippen LogP contribution in [0.4, 0.5) is 17.1 Å². The van der Waals surface area contributed by atoms with Gasteiger partial charge in [0.2, 0.25) is 0 Å². The van der Waals surface area contributed by atoms with Gasteiger partial charge in [-0.1, -0.05) is 65.8 Å². The maximum Gasteiger partial charge on any atom is 0.150 e. The zero-order valence-electron chi connectivity index (χ0n) is 23.2. The number of nitrogens with zero attached hydrogens (tertiary/aromatic N) is 1. The molecule has 3 heteroatoms. The normalized spacial score (nSPS) is 11.3. The van der Waals surface area contributed by atoms with E-state index < -0.39 is 0 Å². The lowest BCUT2D eigenvalue weighted by atomic mass is 9.82. The second-order valence-electron chi connectivity index (χ2n) is 10.8. The monoisotopic (exact) mass is 503 g/mol. The fourth-order valence-electron chi connectivity index (χ4n) is 4.92. The van der Waals surface area contributed by atoms with E-state index in [1.807, 2.05) is 48.5 Å². The zero-order valence-corrected chi connectivity index (χ0v) is 23.2. The summed E-state index contributed by atoms with van der Waals surface area (Å²) in [5.74, 6) is 1.29. The molecule has 0 aliphatic heterocycles. The molecular formula is C35H37NO2. The molecule has 0 atom stereocenters. The van der Waals surface area contributed by atoms with E-state index >= 15 is 0 Å². The van der Waals surface area contributed by atoms with Crippen LogP contribution >= 0.6 is 0 Å². The van der Waals surface area contributed by atoms with Crippen LogP contribution in [0.15, 0.2) is 84.9 Å². The second-order valence-corrected chi connectivity index (χ2v) is 10.8. The summed E-state index contributed by atoms with van der Waals surface area (Å²) in [7, 11) is 0. The van der Waals surface area contributed by atoms with Gasteiger partial charge in [-0.15, -0.1) is 0 Å². The maximum absolute atomic E-state index is 11.2. The summed E-state index contributed by atoms with van der Waals surface area (Å²) < 4.78 is 0. The van der Waals surface area contributed by atoms with Gasteiger partial charge < -0.3 is 4.90 Å². The molecule has 0 aliphatic carbocycles. The summed E-state index contributed by atoms with van der Waals surface area (Å²) in [6.45, 7) is 13.6. The molecule has 0 spiro atoms. The van der Waals surface area contributed by atoms with Gasteiger partial charge in [0.05, 0.1) is 0 Å². The van der Waals surface area contributed by atoms with Crippen molar-refractivity contribution in [2.75, 3.05) is 4.90 Å². The zero-order chi connectivity index (χ0) is 27.4. The first-order chi connectivity index (χ1) is 18.2. The molecule has 4 aromatic rings. The molecule has 0 saturated carbocycles. The van der Waals surface area contributed by atoms with E-state index in [0.29, 0.717) is 28.9 Å². The SMILES string of the molecule is CC(C)c1cc(C(C)C)c(-c2ccc(N(c3ccc(C=O)cc3)c3ccc(C=O)cc3)cc2)c(C(C)C)c1. The van der Waals surface area contributed by atoms with Crippen molar-refractivity contribution in [1.82, 2.24) is 0 Å². The Morgan fingerprint density at radius 2 is 0.895 bits per heavy atom. The molecular weight excluding hydrogens is 466 g/mol. The van der Waals surface area contributed by atoms with E-state index in [9.17, 15) is 9.59 Å². The lowest BCUT2D eigenvalue weighted by Gasteiger charge is -2.27. The van der Waals surface area contributed by atoms with Crippen LogP contribution in [-0.2, 0) is 0 Å². The second kappa shape index (κ2) is 11.6. The first kappa shape index (κ1) is 27.1. The minimum Gasteiger partial charge on any atom is -0.311 e. The molecule has 0 radical (unpaired) electrons. The van der Waals surface area contributed by atoms with Crippen LogP contribution in [0.25, 0.3) is 11.1 Å². The molecule has 0 bridgehead atoms. The van der Waals surface area contributed by atoms with E-state index in [-0.39, 0.29) is 0 Å². The van der Waals surface area contributed by atoms with Crippen LogP contribution in [-0.4, -0.2) is 12.6 Å². The van der Waals surface area contributed by atoms with Crippen molar-refractivity contribution in [2.24, 2.45) is 0 Å². The van der Waals surface area contributed by atoms with Gasteiger partial charge in [-0.3, -0.25) is 9.59 Å². The minimum absolute atomic E-state index is 0.407. The van der Waals surface area contributed by atoms with Crippen LogP contribution < -0.4 is 4.90 Å². The Kier molecular flexibility index (Phi) is 8.26. The van der Waals surface area contributed by atoms with Crippen molar-refractivity contribution in [2.45, 2.75) is 59.3 Å². The van der Waals surface area contributed by atoms with E-state index in [1.54, 1.807) is 0 Å². The van der Waals surface area contributed by atoms with E-state index in [2.05, 4.69) is 82.8 Å². The highest BCUT2D eigenvalue weighted by molar-refractivity contribution is 5.83. The number of hydrogen-bond acceptors (Lipinski definition) is 3. The predicted molar refractivity (Wildman–Crippen MR) is 160 cm³/mol. The quantitative estimate of drug-likeness (QED) is 0.213. The summed E-state index contributed by atoms with van der Waals surface area (Å²) in [6.07, 6.45) is 1.70. The third-order valence-electron chi connectivity index (χ3n) is 7.12. The highest BCUT2D eigenvalue weighted by atomic mass is 16.1. The smallest absolute Gasteiger partial charge is 0.150 e.